The summed E-state index contributed by atoms with van der Waals surface area (Å²) in [5.74, 6) is -8.46. The molecule has 0 unspecified atom stereocenters. The molecule has 0 amide bonds. The Hall–Kier alpha value is -2.76. The molecule has 0 saturated carbocycles. The van der Waals surface area contributed by atoms with E-state index in [-0.39, 0.29) is 102 Å². The van der Waals surface area contributed by atoms with E-state index in [9.17, 15) is 65.5 Å². The molecule has 0 saturated heterocycles. The van der Waals surface area contributed by atoms with Crippen LogP contribution in [0, 0.1) is 0 Å². The Morgan fingerprint density at radius 3 is 1.00 bits per heavy atom. The number of carbonyl (C=O) groups is 4. The predicted octanol–water partition coefficient (Wildman–Crippen LogP) is -5.70. The zero-order valence-electron chi connectivity index (χ0n) is 23.7. The van der Waals surface area contributed by atoms with Gasteiger partial charge < -0.3 is 29.5 Å². The molecular formula is C28H12Na2O14PdS2. The number of benzene rings is 4. The van der Waals surface area contributed by atoms with E-state index in [1.165, 1.54) is 48.5 Å². The van der Waals surface area contributed by atoms with Crippen LogP contribution < -0.4 is 69.3 Å². The van der Waals surface area contributed by atoms with Crippen molar-refractivity contribution >= 4 is 43.4 Å². The van der Waals surface area contributed by atoms with Crippen molar-refractivity contribution in [1.29, 1.82) is 0 Å². The number of aromatic hydroxyl groups is 2. The van der Waals surface area contributed by atoms with Gasteiger partial charge in [-0.05, 0) is 23.6 Å². The van der Waals surface area contributed by atoms with Gasteiger partial charge in [-0.2, -0.15) is 0 Å². The minimum Gasteiger partial charge on any atom is -0.869 e. The van der Waals surface area contributed by atoms with E-state index in [2.05, 4.69) is 0 Å². The Bertz CT molecular complexity index is 2090. The summed E-state index contributed by atoms with van der Waals surface area (Å²) in [7, 11) is -10.4. The van der Waals surface area contributed by atoms with E-state index < -0.39 is 98.4 Å². The van der Waals surface area contributed by atoms with Gasteiger partial charge in [0.1, 0.15) is 31.7 Å². The van der Waals surface area contributed by atoms with Crippen LogP contribution in [-0.4, -0.2) is 59.3 Å². The number of hydrogen-bond donors (Lipinski definition) is 2. The molecule has 0 spiro atoms. The molecule has 0 atom stereocenters. The molecule has 0 aliphatic heterocycles. The molecule has 0 heterocycles. The maximum atomic E-state index is 12.3. The molecule has 0 radical (unpaired) electrons. The normalized spacial score (nSPS) is 12.8. The molecule has 2 aliphatic carbocycles. The first-order valence-electron chi connectivity index (χ1n) is 11.9. The number of phenols is 2. The standard InChI is InChI=1S/2C14H8O7S.2Na.Pd/c2*15-11-6-3-1-2-4-7(6)12(16)10-8(11)5-9(22(19,20)21)13(17)14(10)18;;;/h2*1-5,17-18H,(H,19,20,21);;;/q;;2*+1;+2/p-4. The third-order valence-corrected chi connectivity index (χ3v) is 8.44. The fourth-order valence-electron chi connectivity index (χ4n) is 4.76. The van der Waals surface area contributed by atoms with Crippen LogP contribution in [0.3, 0.4) is 0 Å². The first-order valence-corrected chi connectivity index (χ1v) is 14.7. The first kappa shape index (κ1) is 40.4. The molecule has 0 bridgehead atoms. The Kier molecular flexibility index (Phi) is 12.4. The Balaban J connectivity index is 0.000000307. The second-order valence-corrected chi connectivity index (χ2v) is 12.0. The van der Waals surface area contributed by atoms with Crippen LogP contribution in [0.1, 0.15) is 63.7 Å². The Labute approximate surface area is 323 Å². The van der Waals surface area contributed by atoms with Gasteiger partial charge in [-0.15, -0.1) is 0 Å². The smallest absolute Gasteiger partial charge is 0.869 e. The van der Waals surface area contributed by atoms with E-state index in [4.69, 9.17) is 0 Å². The van der Waals surface area contributed by atoms with Crippen molar-refractivity contribution in [1.82, 2.24) is 0 Å². The summed E-state index contributed by atoms with van der Waals surface area (Å²) >= 11 is 0. The fraction of sp³-hybridized carbons (Fsp3) is 0. The van der Waals surface area contributed by atoms with Crippen molar-refractivity contribution in [2.75, 3.05) is 0 Å². The summed E-state index contributed by atoms with van der Waals surface area (Å²) in [6.45, 7) is 0. The zero-order chi connectivity index (χ0) is 32.5. The van der Waals surface area contributed by atoms with Crippen LogP contribution in [0.4, 0.5) is 0 Å². The molecule has 232 valence electrons. The maximum absolute atomic E-state index is 12.3. The second-order valence-electron chi connectivity index (χ2n) is 9.27. The topological polar surface area (TPSA) is 269 Å². The van der Waals surface area contributed by atoms with Crippen LogP contribution in [0.15, 0.2) is 70.5 Å². The van der Waals surface area contributed by atoms with Crippen molar-refractivity contribution in [3.63, 3.8) is 0 Å². The molecule has 47 heavy (non-hydrogen) atoms. The average molecular weight is 789 g/mol. The molecule has 0 fully saturated rings. The Morgan fingerprint density at radius 1 is 0.489 bits per heavy atom. The van der Waals surface area contributed by atoms with Gasteiger partial charge in [0.2, 0.25) is 0 Å². The molecule has 14 nitrogen and oxygen atoms in total. The maximum Gasteiger partial charge on any atom is 2.00 e. The molecule has 19 heteroatoms. The van der Waals surface area contributed by atoms with Gasteiger partial charge in [-0.1, -0.05) is 48.5 Å². The van der Waals surface area contributed by atoms with Gasteiger partial charge in [0.25, 0.3) is 0 Å². The number of hydrogen-bond acceptors (Lipinski definition) is 14. The number of fused-ring (bicyclic) bond motifs is 4. The van der Waals surface area contributed by atoms with Crippen molar-refractivity contribution in [3.05, 3.63) is 105 Å². The number of phenolic OH excluding ortho intramolecular Hbond substituents is 2. The van der Waals surface area contributed by atoms with E-state index in [1.807, 2.05) is 0 Å². The van der Waals surface area contributed by atoms with Crippen molar-refractivity contribution in [2.24, 2.45) is 0 Å². The molecule has 2 aliphatic rings. The van der Waals surface area contributed by atoms with E-state index in [0.717, 1.165) is 0 Å². The summed E-state index contributed by atoms with van der Waals surface area (Å²) in [5.41, 5.74) is -2.12. The van der Waals surface area contributed by atoms with Crippen molar-refractivity contribution in [2.45, 2.75) is 9.79 Å². The third kappa shape index (κ3) is 6.90. The van der Waals surface area contributed by atoms with E-state index >= 15 is 0 Å². The van der Waals surface area contributed by atoms with Gasteiger partial charge in [0, 0.05) is 33.4 Å². The minimum atomic E-state index is -5.19. The largest absolute Gasteiger partial charge is 2.00 e. The van der Waals surface area contributed by atoms with Crippen LogP contribution in [0.5, 0.6) is 23.0 Å². The number of rotatable bonds is 2. The van der Waals surface area contributed by atoms with Gasteiger partial charge in [0.05, 0.1) is 20.9 Å². The number of ketones is 4. The van der Waals surface area contributed by atoms with Crippen LogP contribution in [-0.2, 0) is 40.7 Å². The monoisotopic (exact) mass is 788 g/mol. The predicted molar refractivity (Wildman–Crippen MR) is 138 cm³/mol. The summed E-state index contributed by atoms with van der Waals surface area (Å²) in [4.78, 5) is 46.8. The van der Waals surface area contributed by atoms with Crippen LogP contribution in [0.25, 0.3) is 0 Å². The molecule has 4 aromatic rings. The molecule has 0 aromatic heterocycles. The average Bonchev–Trinajstić information content (AvgIpc) is 2.96. The van der Waals surface area contributed by atoms with Gasteiger partial charge in [0.15, 0.2) is 23.1 Å². The van der Waals surface area contributed by atoms with Gasteiger partial charge in [-0.25, -0.2) is 16.8 Å². The first-order chi connectivity index (χ1) is 20.5. The van der Waals surface area contributed by atoms with Gasteiger partial charge in [-0.3, -0.25) is 19.2 Å². The van der Waals surface area contributed by atoms with Crippen LogP contribution >= 0.6 is 0 Å². The minimum absolute atomic E-state index is 0. The molecular weight excluding hydrogens is 777 g/mol. The summed E-state index contributed by atoms with van der Waals surface area (Å²) in [6.07, 6.45) is 0. The molecule has 2 N–H and O–H groups in total. The van der Waals surface area contributed by atoms with Gasteiger partial charge >= 0.3 is 79.5 Å². The third-order valence-electron chi connectivity index (χ3n) is 6.76. The van der Waals surface area contributed by atoms with Crippen LogP contribution in [0.2, 0.25) is 0 Å². The quantitative estimate of drug-likeness (QED) is 0.122. The van der Waals surface area contributed by atoms with E-state index in [1.54, 1.807) is 0 Å². The SMILES string of the molecule is O=C1c2ccccc2C(=O)c2c1cc(S(=O)(=O)[O-])c([O-])c2O.O=C1c2ccccc2C(=O)c2c1cc(S(=O)(=O)[O-])c([O-])c2O.[Na+].[Na+].[Pd+2]. The van der Waals surface area contributed by atoms with E-state index in [0.29, 0.717) is 12.1 Å². The summed E-state index contributed by atoms with van der Waals surface area (Å²) in [6, 6.07) is 12.5. The van der Waals surface area contributed by atoms with Crippen molar-refractivity contribution < 1.29 is 145 Å². The van der Waals surface area contributed by atoms with Crippen molar-refractivity contribution in [3.8, 4) is 23.0 Å². The molecule has 4 aromatic carbocycles. The fourth-order valence-corrected chi connectivity index (χ4v) is 5.93. The zero-order valence-corrected chi connectivity index (χ0v) is 30.9. The molecule has 6 rings (SSSR count). The number of carbonyl (C=O) groups excluding carboxylic acids is 4. The summed E-state index contributed by atoms with van der Waals surface area (Å²) in [5, 5.41) is 43.1. The second kappa shape index (κ2) is 14.4. The summed E-state index contributed by atoms with van der Waals surface area (Å²) < 4.78 is 66.4. The Morgan fingerprint density at radius 2 is 0.745 bits per heavy atom.